The first kappa shape index (κ1) is 11.6. The Labute approximate surface area is 105 Å². The average Bonchev–Trinajstić information content (AvgIpc) is 2.79. The van der Waals surface area contributed by atoms with Crippen LogP contribution in [0.4, 0.5) is 0 Å². The van der Waals surface area contributed by atoms with E-state index in [9.17, 15) is 0 Å². The second kappa shape index (κ2) is 5.46. The molecule has 0 aromatic carbocycles. The summed E-state index contributed by atoms with van der Waals surface area (Å²) in [5, 5.41) is 8.92. The van der Waals surface area contributed by atoms with Gasteiger partial charge in [-0.15, -0.1) is 0 Å². The highest BCUT2D eigenvalue weighted by Crippen LogP contribution is 2.23. The minimum Gasteiger partial charge on any atom is -0.337 e. The molecule has 2 aromatic heterocycles. The van der Waals surface area contributed by atoms with Crippen molar-refractivity contribution in [1.29, 1.82) is 5.26 Å². The van der Waals surface area contributed by atoms with Crippen molar-refractivity contribution in [3.8, 4) is 17.3 Å². The van der Waals surface area contributed by atoms with Crippen molar-refractivity contribution in [3.63, 3.8) is 0 Å². The van der Waals surface area contributed by atoms with E-state index in [2.05, 4.69) is 16.0 Å². The Balaban J connectivity index is 2.14. The first-order valence-corrected chi connectivity index (χ1v) is 5.68. The zero-order valence-electron chi connectivity index (χ0n) is 9.17. The zero-order valence-corrected chi connectivity index (χ0v) is 9.93. The molecule has 4 nitrogen and oxygen atoms in total. The van der Waals surface area contributed by atoms with E-state index in [0.29, 0.717) is 11.6 Å². The number of rotatable bonds is 4. The van der Waals surface area contributed by atoms with Gasteiger partial charge >= 0.3 is 0 Å². The number of unbranched alkanes of at least 4 members (excludes halogenated alkanes) is 1. The van der Waals surface area contributed by atoms with Gasteiger partial charge in [-0.25, -0.2) is 9.97 Å². The van der Waals surface area contributed by atoms with E-state index < -0.39 is 0 Å². The van der Waals surface area contributed by atoms with Crippen molar-refractivity contribution < 1.29 is 0 Å². The van der Waals surface area contributed by atoms with Gasteiger partial charge in [0.15, 0.2) is 0 Å². The molecule has 0 N–H and O–H groups in total. The van der Waals surface area contributed by atoms with Crippen LogP contribution < -0.4 is 0 Å². The molecule has 0 amide bonds. The summed E-state index contributed by atoms with van der Waals surface area (Å²) in [4.78, 5) is 8.29. The Kier molecular flexibility index (Phi) is 3.73. The van der Waals surface area contributed by atoms with Gasteiger partial charge in [-0.3, -0.25) is 0 Å². The monoisotopic (exact) mass is 246 g/mol. The molecule has 0 aliphatic heterocycles. The molecule has 0 radical (unpaired) electrons. The van der Waals surface area contributed by atoms with Crippen LogP contribution in [0, 0.1) is 11.3 Å². The number of imidazole rings is 1. The normalized spacial score (nSPS) is 10.1. The Hall–Kier alpha value is -1.86. The fourth-order valence-electron chi connectivity index (χ4n) is 1.54. The van der Waals surface area contributed by atoms with Crippen LogP contribution in [0.3, 0.4) is 0 Å². The van der Waals surface area contributed by atoms with E-state index in [0.717, 1.165) is 24.2 Å². The Bertz CT molecular complexity index is 541. The van der Waals surface area contributed by atoms with Crippen LogP contribution in [-0.4, -0.2) is 14.5 Å². The van der Waals surface area contributed by atoms with Crippen LogP contribution in [0.5, 0.6) is 0 Å². The first-order valence-electron chi connectivity index (χ1n) is 5.31. The molecular weight excluding hydrogens is 236 g/mol. The molecule has 0 aliphatic rings. The van der Waals surface area contributed by atoms with Crippen LogP contribution in [0.2, 0.25) is 5.15 Å². The summed E-state index contributed by atoms with van der Waals surface area (Å²) in [6.45, 7) is 0.790. The Morgan fingerprint density at radius 2 is 2.29 bits per heavy atom. The molecule has 0 spiro atoms. The molecular formula is C12H11ClN4. The van der Waals surface area contributed by atoms with Crippen molar-refractivity contribution in [2.75, 3.05) is 0 Å². The maximum Gasteiger partial charge on any atom is 0.138 e. The summed E-state index contributed by atoms with van der Waals surface area (Å²) in [5.41, 5.74) is 1.63. The summed E-state index contributed by atoms with van der Waals surface area (Å²) < 4.78 is 1.95. The lowest BCUT2D eigenvalue weighted by atomic mass is 10.2. The molecule has 86 valence electrons. The van der Waals surface area contributed by atoms with Crippen molar-refractivity contribution in [2.45, 2.75) is 19.4 Å². The smallest absolute Gasteiger partial charge is 0.138 e. The first-order chi connectivity index (χ1) is 8.31. The Morgan fingerprint density at radius 3 is 3.06 bits per heavy atom. The van der Waals surface area contributed by atoms with Gasteiger partial charge in [-0.1, -0.05) is 11.6 Å². The molecule has 0 atom stereocenters. The topological polar surface area (TPSA) is 54.5 Å². The number of hydrogen-bond donors (Lipinski definition) is 0. The molecule has 0 aliphatic carbocycles. The van der Waals surface area contributed by atoms with E-state index in [-0.39, 0.29) is 0 Å². The van der Waals surface area contributed by atoms with Crippen LogP contribution in [0.15, 0.2) is 30.9 Å². The highest BCUT2D eigenvalue weighted by Gasteiger charge is 2.06. The maximum atomic E-state index is 8.46. The number of halogens is 1. The number of aryl methyl sites for hydroxylation is 1. The van der Waals surface area contributed by atoms with E-state index in [1.54, 1.807) is 12.5 Å². The molecule has 2 aromatic rings. The molecule has 5 heteroatoms. The van der Waals surface area contributed by atoms with Crippen LogP contribution in [0.25, 0.3) is 11.3 Å². The summed E-state index contributed by atoms with van der Waals surface area (Å²) in [6.07, 6.45) is 6.69. The van der Waals surface area contributed by atoms with Gasteiger partial charge in [0, 0.05) is 30.9 Å². The lowest BCUT2D eigenvalue weighted by Crippen LogP contribution is -1.93. The highest BCUT2D eigenvalue weighted by atomic mass is 35.5. The van der Waals surface area contributed by atoms with E-state index in [1.807, 2.05) is 22.9 Å². The standard InChI is InChI=1S/C12H11ClN4/c13-12-10(4-3-6-15-12)11-8-17(9-16-11)7-2-1-5-14/h3-4,6,8-9H,1-2,7H2. The van der Waals surface area contributed by atoms with Gasteiger partial charge < -0.3 is 4.57 Å². The second-order valence-corrected chi connectivity index (χ2v) is 3.96. The average molecular weight is 247 g/mol. The van der Waals surface area contributed by atoms with Gasteiger partial charge in [0.25, 0.3) is 0 Å². The molecule has 17 heavy (non-hydrogen) atoms. The number of hydrogen-bond acceptors (Lipinski definition) is 3. The number of nitriles is 1. The lowest BCUT2D eigenvalue weighted by molar-refractivity contribution is 0.653. The quantitative estimate of drug-likeness (QED) is 0.616. The largest absolute Gasteiger partial charge is 0.337 e. The third-order valence-corrected chi connectivity index (χ3v) is 2.67. The fourth-order valence-corrected chi connectivity index (χ4v) is 1.76. The second-order valence-electron chi connectivity index (χ2n) is 3.60. The summed E-state index contributed by atoms with van der Waals surface area (Å²) in [6, 6.07) is 5.84. The molecule has 0 saturated heterocycles. The predicted molar refractivity (Wildman–Crippen MR) is 65.3 cm³/mol. The molecule has 0 unspecified atom stereocenters. The van der Waals surface area contributed by atoms with Crippen LogP contribution >= 0.6 is 11.6 Å². The van der Waals surface area contributed by atoms with E-state index in [1.165, 1.54) is 0 Å². The van der Waals surface area contributed by atoms with Gasteiger partial charge in [-0.05, 0) is 18.6 Å². The van der Waals surface area contributed by atoms with Crippen molar-refractivity contribution >= 4 is 11.6 Å². The minimum absolute atomic E-state index is 0.453. The molecule has 0 bridgehead atoms. The zero-order chi connectivity index (χ0) is 12.1. The van der Waals surface area contributed by atoms with Crippen molar-refractivity contribution in [1.82, 2.24) is 14.5 Å². The maximum absolute atomic E-state index is 8.46. The number of nitrogens with zero attached hydrogens (tertiary/aromatic N) is 4. The fraction of sp³-hybridized carbons (Fsp3) is 0.250. The minimum atomic E-state index is 0.453. The molecule has 0 saturated carbocycles. The van der Waals surface area contributed by atoms with Crippen molar-refractivity contribution in [2.24, 2.45) is 0 Å². The highest BCUT2D eigenvalue weighted by molar-refractivity contribution is 6.31. The summed E-state index contributed by atoms with van der Waals surface area (Å²) in [5.74, 6) is 0. The van der Waals surface area contributed by atoms with Gasteiger partial charge in [0.05, 0.1) is 18.1 Å². The number of pyridine rings is 1. The van der Waals surface area contributed by atoms with E-state index >= 15 is 0 Å². The molecule has 2 rings (SSSR count). The predicted octanol–water partition coefficient (Wildman–Crippen LogP) is 2.90. The van der Waals surface area contributed by atoms with Crippen molar-refractivity contribution in [3.05, 3.63) is 36.0 Å². The summed E-state index contributed by atoms with van der Waals surface area (Å²) in [7, 11) is 0. The van der Waals surface area contributed by atoms with Crippen LogP contribution in [0.1, 0.15) is 12.8 Å². The lowest BCUT2D eigenvalue weighted by Gasteiger charge is -1.99. The SMILES string of the molecule is N#CCCCn1cnc(-c2cccnc2Cl)c1. The van der Waals surface area contributed by atoms with Gasteiger partial charge in [-0.2, -0.15) is 5.26 Å². The number of aromatic nitrogens is 3. The summed E-state index contributed by atoms with van der Waals surface area (Å²) >= 11 is 5.99. The molecule has 2 heterocycles. The Morgan fingerprint density at radius 1 is 1.41 bits per heavy atom. The third-order valence-electron chi connectivity index (χ3n) is 2.37. The van der Waals surface area contributed by atoms with Gasteiger partial charge in [0.1, 0.15) is 5.15 Å². The van der Waals surface area contributed by atoms with Gasteiger partial charge in [0.2, 0.25) is 0 Å². The van der Waals surface area contributed by atoms with Crippen LogP contribution in [-0.2, 0) is 6.54 Å². The molecule has 0 fully saturated rings. The third kappa shape index (κ3) is 2.83. The van der Waals surface area contributed by atoms with E-state index in [4.69, 9.17) is 16.9 Å².